The monoisotopic (exact) mass is 304 g/mol. The number of rotatable bonds is 3. The molecule has 0 amide bonds. The van der Waals surface area contributed by atoms with Gasteiger partial charge in [-0.25, -0.2) is 8.42 Å². The van der Waals surface area contributed by atoms with Crippen molar-refractivity contribution in [2.75, 3.05) is 11.3 Å². The molecule has 1 aromatic heterocycles. The number of hydrogen-bond donors (Lipinski definition) is 2. The van der Waals surface area contributed by atoms with Crippen LogP contribution in [0.25, 0.3) is 0 Å². The van der Waals surface area contributed by atoms with Gasteiger partial charge in [0.2, 0.25) is 0 Å². The van der Waals surface area contributed by atoms with Gasteiger partial charge < -0.3 is 5.73 Å². The standard InChI is InChI=1S/C14H16N4O2S/c1-11-10-14(18(2)16-11)17-21(19,20)13-7-5-12(6-8-13)4-3-9-15/h5-8,10,17H,9,15H2,1-2H3. The molecule has 0 spiro atoms. The second-order valence-corrected chi connectivity index (χ2v) is 6.11. The van der Waals surface area contributed by atoms with Gasteiger partial charge in [0, 0.05) is 18.7 Å². The lowest BCUT2D eigenvalue weighted by Crippen LogP contribution is -2.15. The van der Waals surface area contributed by atoms with E-state index in [4.69, 9.17) is 5.73 Å². The van der Waals surface area contributed by atoms with Crippen LogP contribution in [0.3, 0.4) is 0 Å². The van der Waals surface area contributed by atoms with E-state index in [1.54, 1.807) is 32.2 Å². The molecule has 21 heavy (non-hydrogen) atoms. The molecule has 0 aliphatic rings. The molecule has 1 aromatic carbocycles. The SMILES string of the molecule is Cc1cc(NS(=O)(=O)c2ccc(C#CCN)cc2)n(C)n1. The first-order valence-corrected chi connectivity index (χ1v) is 7.73. The quantitative estimate of drug-likeness (QED) is 0.822. The van der Waals surface area contributed by atoms with Gasteiger partial charge in [-0.2, -0.15) is 5.10 Å². The van der Waals surface area contributed by atoms with Gasteiger partial charge in [0.25, 0.3) is 10.0 Å². The molecule has 1 heterocycles. The van der Waals surface area contributed by atoms with Crippen molar-refractivity contribution >= 4 is 15.8 Å². The number of nitrogens with zero attached hydrogens (tertiary/aromatic N) is 2. The predicted molar refractivity (Wildman–Crippen MR) is 81.1 cm³/mol. The molecule has 0 atom stereocenters. The van der Waals surface area contributed by atoms with Crippen LogP contribution in [-0.2, 0) is 17.1 Å². The van der Waals surface area contributed by atoms with Gasteiger partial charge in [-0.15, -0.1) is 0 Å². The van der Waals surface area contributed by atoms with Crippen LogP contribution in [0, 0.1) is 18.8 Å². The third-order valence-corrected chi connectivity index (χ3v) is 4.11. The highest BCUT2D eigenvalue weighted by Gasteiger charge is 2.16. The van der Waals surface area contributed by atoms with Gasteiger partial charge in [-0.05, 0) is 31.2 Å². The van der Waals surface area contributed by atoms with Crippen molar-refractivity contribution in [3.05, 3.63) is 41.6 Å². The minimum Gasteiger partial charge on any atom is -0.320 e. The van der Waals surface area contributed by atoms with Crippen LogP contribution in [0.5, 0.6) is 0 Å². The van der Waals surface area contributed by atoms with E-state index in [-0.39, 0.29) is 11.4 Å². The van der Waals surface area contributed by atoms with Gasteiger partial charge >= 0.3 is 0 Å². The van der Waals surface area contributed by atoms with Crippen LogP contribution < -0.4 is 10.5 Å². The summed E-state index contributed by atoms with van der Waals surface area (Å²) >= 11 is 0. The number of anilines is 1. The second kappa shape index (κ2) is 5.99. The van der Waals surface area contributed by atoms with Crippen LogP contribution >= 0.6 is 0 Å². The van der Waals surface area contributed by atoms with E-state index in [2.05, 4.69) is 21.7 Å². The van der Waals surface area contributed by atoms with Crippen molar-refractivity contribution in [1.29, 1.82) is 0 Å². The molecule has 0 aliphatic carbocycles. The Balaban J connectivity index is 2.25. The first-order valence-electron chi connectivity index (χ1n) is 6.25. The highest BCUT2D eigenvalue weighted by molar-refractivity contribution is 7.92. The van der Waals surface area contributed by atoms with Gasteiger partial charge in [-0.3, -0.25) is 9.40 Å². The fraction of sp³-hybridized carbons (Fsp3) is 0.214. The summed E-state index contributed by atoms with van der Waals surface area (Å²) in [7, 11) is -1.97. The van der Waals surface area contributed by atoms with Crippen LogP contribution in [0.15, 0.2) is 35.2 Å². The van der Waals surface area contributed by atoms with Crippen molar-refractivity contribution in [1.82, 2.24) is 9.78 Å². The normalized spacial score (nSPS) is 10.8. The lowest BCUT2D eigenvalue weighted by atomic mass is 10.2. The van der Waals surface area contributed by atoms with Gasteiger partial charge in [-0.1, -0.05) is 11.8 Å². The lowest BCUT2D eigenvalue weighted by Gasteiger charge is -2.07. The van der Waals surface area contributed by atoms with Crippen LogP contribution in [-0.4, -0.2) is 24.7 Å². The third kappa shape index (κ3) is 3.62. The Bertz CT molecular complexity index is 796. The van der Waals surface area contributed by atoms with Gasteiger partial charge in [0.15, 0.2) is 0 Å². The molecule has 0 radical (unpaired) electrons. The molecule has 0 aliphatic heterocycles. The molecule has 0 saturated heterocycles. The number of nitrogens with one attached hydrogen (secondary N) is 1. The summed E-state index contributed by atoms with van der Waals surface area (Å²) in [5.41, 5.74) is 6.75. The van der Waals surface area contributed by atoms with Crippen molar-refractivity contribution in [3.8, 4) is 11.8 Å². The molecule has 0 bridgehead atoms. The first-order chi connectivity index (χ1) is 9.92. The molecule has 110 valence electrons. The highest BCUT2D eigenvalue weighted by Crippen LogP contribution is 2.16. The molecule has 3 N–H and O–H groups in total. The summed E-state index contributed by atoms with van der Waals surface area (Å²) < 4.78 is 28.5. The fourth-order valence-electron chi connectivity index (χ4n) is 1.77. The Morgan fingerprint density at radius 2 is 2.00 bits per heavy atom. The van der Waals surface area contributed by atoms with E-state index in [0.29, 0.717) is 5.82 Å². The average molecular weight is 304 g/mol. The summed E-state index contributed by atoms with van der Waals surface area (Å²) in [6.45, 7) is 2.06. The summed E-state index contributed by atoms with van der Waals surface area (Å²) in [6, 6.07) is 7.97. The summed E-state index contributed by atoms with van der Waals surface area (Å²) in [5.74, 6) is 5.97. The third-order valence-electron chi connectivity index (χ3n) is 2.74. The van der Waals surface area contributed by atoms with E-state index in [0.717, 1.165) is 11.3 Å². The Hall–Kier alpha value is -2.30. The smallest absolute Gasteiger partial charge is 0.263 e. The Kier molecular flexibility index (Phi) is 4.31. The molecular formula is C14H16N4O2S. The van der Waals surface area contributed by atoms with Crippen molar-refractivity contribution in [2.24, 2.45) is 12.8 Å². The first kappa shape index (κ1) is 15.1. The van der Waals surface area contributed by atoms with Crippen molar-refractivity contribution < 1.29 is 8.42 Å². The molecule has 0 saturated carbocycles. The van der Waals surface area contributed by atoms with E-state index >= 15 is 0 Å². The van der Waals surface area contributed by atoms with E-state index in [9.17, 15) is 8.42 Å². The van der Waals surface area contributed by atoms with Crippen LogP contribution in [0.1, 0.15) is 11.3 Å². The van der Waals surface area contributed by atoms with Crippen LogP contribution in [0.4, 0.5) is 5.82 Å². The minimum absolute atomic E-state index is 0.166. The maximum absolute atomic E-state index is 12.3. The van der Waals surface area contributed by atoms with E-state index in [1.807, 2.05) is 0 Å². The number of sulfonamides is 1. The minimum atomic E-state index is -3.64. The summed E-state index contributed by atoms with van der Waals surface area (Å²) in [4.78, 5) is 0.166. The Morgan fingerprint density at radius 1 is 1.33 bits per heavy atom. The Labute approximate surface area is 124 Å². The van der Waals surface area contributed by atoms with E-state index in [1.165, 1.54) is 16.8 Å². The van der Waals surface area contributed by atoms with Crippen molar-refractivity contribution in [3.63, 3.8) is 0 Å². The summed E-state index contributed by atoms with van der Waals surface area (Å²) in [6.07, 6.45) is 0. The van der Waals surface area contributed by atoms with Gasteiger partial charge in [0.1, 0.15) is 5.82 Å². The molecular weight excluding hydrogens is 288 g/mol. The molecule has 2 rings (SSSR count). The average Bonchev–Trinajstić information content (AvgIpc) is 2.74. The number of aromatic nitrogens is 2. The molecule has 0 unspecified atom stereocenters. The maximum Gasteiger partial charge on any atom is 0.263 e. The zero-order valence-corrected chi connectivity index (χ0v) is 12.6. The van der Waals surface area contributed by atoms with Crippen molar-refractivity contribution in [2.45, 2.75) is 11.8 Å². The molecule has 2 aromatic rings. The zero-order chi connectivity index (χ0) is 15.5. The topological polar surface area (TPSA) is 90.0 Å². The Morgan fingerprint density at radius 3 is 2.52 bits per heavy atom. The molecule has 6 nitrogen and oxygen atoms in total. The maximum atomic E-state index is 12.3. The number of benzene rings is 1. The van der Waals surface area contributed by atoms with E-state index < -0.39 is 10.0 Å². The van der Waals surface area contributed by atoms with Crippen LogP contribution in [0.2, 0.25) is 0 Å². The number of aryl methyl sites for hydroxylation is 2. The summed E-state index contributed by atoms with van der Waals surface area (Å²) in [5, 5.41) is 4.10. The number of hydrogen-bond acceptors (Lipinski definition) is 4. The largest absolute Gasteiger partial charge is 0.320 e. The van der Waals surface area contributed by atoms with Gasteiger partial charge in [0.05, 0.1) is 17.1 Å². The molecule has 7 heteroatoms. The second-order valence-electron chi connectivity index (χ2n) is 4.43. The predicted octanol–water partition coefficient (Wildman–Crippen LogP) is 0.840. The number of nitrogens with two attached hydrogens (primary N) is 1. The zero-order valence-electron chi connectivity index (χ0n) is 11.8. The molecule has 0 fully saturated rings. The fourth-order valence-corrected chi connectivity index (χ4v) is 2.85. The lowest BCUT2D eigenvalue weighted by molar-refractivity contribution is 0.600. The highest BCUT2D eigenvalue weighted by atomic mass is 32.2.